The van der Waals surface area contributed by atoms with Crippen molar-refractivity contribution in [2.24, 2.45) is 16.6 Å². The minimum absolute atomic E-state index is 0.471. The maximum absolute atomic E-state index is 6.14. The molecule has 0 spiro atoms. The van der Waals surface area contributed by atoms with Gasteiger partial charge in [-0.2, -0.15) is 0 Å². The minimum Gasteiger partial charge on any atom is -0.487 e. The summed E-state index contributed by atoms with van der Waals surface area (Å²) in [4.78, 5) is 11.0. The van der Waals surface area contributed by atoms with E-state index in [4.69, 9.17) is 10.5 Å². The standard InChI is InChI=1S/C20H26N4O/c1-16-5-4-12-24(14-16)20(21)23-13-17-7-9-19(10-8-17)25-15-18-6-2-3-11-22-18/h2-3,6-11,16H,4-5,12-15H2,1H3,(H2,21,23). The number of guanidine groups is 1. The zero-order chi connectivity index (χ0) is 17.5. The number of pyridine rings is 1. The normalized spacial score (nSPS) is 18.2. The van der Waals surface area contributed by atoms with Crippen LogP contribution in [0.4, 0.5) is 0 Å². The van der Waals surface area contributed by atoms with Gasteiger partial charge in [-0.15, -0.1) is 0 Å². The van der Waals surface area contributed by atoms with Crippen LogP contribution in [0.2, 0.25) is 0 Å². The molecule has 1 atom stereocenters. The second-order valence-corrected chi connectivity index (χ2v) is 6.62. The van der Waals surface area contributed by atoms with E-state index >= 15 is 0 Å². The Labute approximate surface area is 149 Å². The molecule has 1 saturated heterocycles. The lowest BCUT2D eigenvalue weighted by Gasteiger charge is -2.31. The predicted molar refractivity (Wildman–Crippen MR) is 100 cm³/mol. The summed E-state index contributed by atoms with van der Waals surface area (Å²) in [7, 11) is 0. The maximum Gasteiger partial charge on any atom is 0.191 e. The molecule has 3 rings (SSSR count). The Morgan fingerprint density at radius 2 is 2.12 bits per heavy atom. The van der Waals surface area contributed by atoms with Crippen molar-refractivity contribution in [2.75, 3.05) is 13.1 Å². The van der Waals surface area contributed by atoms with E-state index in [1.165, 1.54) is 12.8 Å². The van der Waals surface area contributed by atoms with Gasteiger partial charge in [-0.3, -0.25) is 4.98 Å². The summed E-state index contributed by atoms with van der Waals surface area (Å²) in [5.41, 5.74) is 8.18. The van der Waals surface area contributed by atoms with E-state index in [-0.39, 0.29) is 0 Å². The van der Waals surface area contributed by atoms with Gasteiger partial charge in [-0.1, -0.05) is 25.1 Å². The fourth-order valence-electron chi connectivity index (χ4n) is 3.00. The zero-order valence-corrected chi connectivity index (χ0v) is 14.8. The summed E-state index contributed by atoms with van der Waals surface area (Å²) < 4.78 is 5.75. The lowest BCUT2D eigenvalue weighted by Crippen LogP contribution is -2.43. The van der Waals surface area contributed by atoms with Crippen LogP contribution in [-0.2, 0) is 13.2 Å². The SMILES string of the molecule is CC1CCCN(C(N)=NCc2ccc(OCc3ccccn3)cc2)C1. The Hall–Kier alpha value is -2.56. The van der Waals surface area contributed by atoms with Crippen LogP contribution in [0.25, 0.3) is 0 Å². The quantitative estimate of drug-likeness (QED) is 0.672. The summed E-state index contributed by atoms with van der Waals surface area (Å²) >= 11 is 0. The molecule has 0 amide bonds. The maximum atomic E-state index is 6.14. The van der Waals surface area contributed by atoms with Crippen molar-refractivity contribution in [3.63, 3.8) is 0 Å². The smallest absolute Gasteiger partial charge is 0.191 e. The molecule has 0 bridgehead atoms. The van der Waals surface area contributed by atoms with E-state index in [1.54, 1.807) is 6.20 Å². The average Bonchev–Trinajstić information content (AvgIpc) is 2.66. The first-order chi connectivity index (χ1) is 12.2. The Balaban J connectivity index is 1.51. The first-order valence-electron chi connectivity index (χ1n) is 8.87. The van der Waals surface area contributed by atoms with Gasteiger partial charge in [-0.05, 0) is 48.6 Å². The Morgan fingerprint density at radius 3 is 2.84 bits per heavy atom. The van der Waals surface area contributed by atoms with E-state index < -0.39 is 0 Å². The van der Waals surface area contributed by atoms with Crippen LogP contribution in [0.3, 0.4) is 0 Å². The molecule has 1 aliphatic rings. The number of nitrogens with two attached hydrogens (primary N) is 1. The van der Waals surface area contributed by atoms with Crippen LogP contribution in [0.5, 0.6) is 5.75 Å². The highest BCUT2D eigenvalue weighted by molar-refractivity contribution is 5.78. The summed E-state index contributed by atoms with van der Waals surface area (Å²) in [6, 6.07) is 13.8. The first-order valence-corrected chi connectivity index (χ1v) is 8.87. The predicted octanol–water partition coefficient (Wildman–Crippen LogP) is 3.21. The molecule has 0 saturated carbocycles. The minimum atomic E-state index is 0.471. The van der Waals surface area contributed by atoms with Gasteiger partial charge in [-0.25, -0.2) is 4.99 Å². The highest BCUT2D eigenvalue weighted by atomic mass is 16.5. The molecule has 2 aromatic rings. The van der Waals surface area contributed by atoms with Gasteiger partial charge in [0.15, 0.2) is 5.96 Å². The molecule has 1 aliphatic heterocycles. The summed E-state index contributed by atoms with van der Waals surface area (Å²) in [5.74, 6) is 2.18. The Bertz CT molecular complexity index is 685. The molecule has 5 nitrogen and oxygen atoms in total. The molecule has 1 unspecified atom stereocenters. The van der Waals surface area contributed by atoms with Crippen LogP contribution in [0.1, 0.15) is 31.0 Å². The third kappa shape index (κ3) is 5.21. The number of nitrogens with zero attached hydrogens (tertiary/aromatic N) is 3. The molecular weight excluding hydrogens is 312 g/mol. The monoisotopic (exact) mass is 338 g/mol. The van der Waals surface area contributed by atoms with Gasteiger partial charge < -0.3 is 15.4 Å². The third-order valence-electron chi connectivity index (χ3n) is 4.44. The number of ether oxygens (including phenoxy) is 1. The van der Waals surface area contributed by atoms with Crippen molar-refractivity contribution in [1.29, 1.82) is 0 Å². The van der Waals surface area contributed by atoms with Crippen molar-refractivity contribution in [1.82, 2.24) is 9.88 Å². The molecular formula is C20H26N4O. The molecule has 2 heterocycles. The summed E-state index contributed by atoms with van der Waals surface area (Å²) in [6.07, 6.45) is 4.25. The van der Waals surface area contributed by atoms with Crippen molar-refractivity contribution in [2.45, 2.75) is 32.9 Å². The largest absolute Gasteiger partial charge is 0.487 e. The number of hydrogen-bond donors (Lipinski definition) is 1. The lowest BCUT2D eigenvalue weighted by atomic mass is 10.0. The summed E-state index contributed by atoms with van der Waals surface area (Å²) in [5, 5.41) is 0. The lowest BCUT2D eigenvalue weighted by molar-refractivity contribution is 0.270. The molecule has 132 valence electrons. The molecule has 0 aliphatic carbocycles. The fourth-order valence-corrected chi connectivity index (χ4v) is 3.00. The molecule has 1 fully saturated rings. The number of likely N-dealkylation sites (tertiary alicyclic amines) is 1. The fraction of sp³-hybridized carbons (Fsp3) is 0.400. The molecule has 5 heteroatoms. The van der Waals surface area contributed by atoms with E-state index in [9.17, 15) is 0 Å². The molecule has 2 N–H and O–H groups in total. The Morgan fingerprint density at radius 1 is 1.28 bits per heavy atom. The van der Waals surface area contributed by atoms with E-state index in [2.05, 4.69) is 21.8 Å². The van der Waals surface area contributed by atoms with Gasteiger partial charge in [0, 0.05) is 19.3 Å². The number of benzene rings is 1. The van der Waals surface area contributed by atoms with Crippen LogP contribution >= 0.6 is 0 Å². The third-order valence-corrected chi connectivity index (χ3v) is 4.44. The van der Waals surface area contributed by atoms with Crippen molar-refractivity contribution in [3.05, 3.63) is 59.9 Å². The highest BCUT2D eigenvalue weighted by Gasteiger charge is 2.17. The van der Waals surface area contributed by atoms with Crippen LogP contribution in [-0.4, -0.2) is 28.9 Å². The topological polar surface area (TPSA) is 63.7 Å². The number of aliphatic imine (C=N–C) groups is 1. The number of hydrogen-bond acceptors (Lipinski definition) is 3. The van der Waals surface area contributed by atoms with Crippen LogP contribution < -0.4 is 10.5 Å². The van der Waals surface area contributed by atoms with Gasteiger partial charge in [0.1, 0.15) is 12.4 Å². The van der Waals surface area contributed by atoms with Crippen LogP contribution in [0, 0.1) is 5.92 Å². The van der Waals surface area contributed by atoms with E-state index in [1.807, 2.05) is 42.5 Å². The first kappa shape index (κ1) is 17.3. The molecule has 1 aromatic heterocycles. The second-order valence-electron chi connectivity index (χ2n) is 6.62. The number of aromatic nitrogens is 1. The van der Waals surface area contributed by atoms with Gasteiger partial charge >= 0.3 is 0 Å². The molecule has 1 aromatic carbocycles. The van der Waals surface area contributed by atoms with Crippen LogP contribution in [0.15, 0.2) is 53.7 Å². The van der Waals surface area contributed by atoms with Crippen molar-refractivity contribution in [3.8, 4) is 5.75 Å². The summed E-state index contributed by atoms with van der Waals surface area (Å²) in [6.45, 7) is 5.36. The zero-order valence-electron chi connectivity index (χ0n) is 14.8. The van der Waals surface area contributed by atoms with E-state index in [0.717, 1.165) is 30.1 Å². The Kier molecular flexibility index (Phi) is 5.88. The van der Waals surface area contributed by atoms with Gasteiger partial charge in [0.2, 0.25) is 0 Å². The van der Waals surface area contributed by atoms with E-state index in [0.29, 0.717) is 25.0 Å². The highest BCUT2D eigenvalue weighted by Crippen LogP contribution is 2.16. The average molecular weight is 338 g/mol. The van der Waals surface area contributed by atoms with Crippen molar-refractivity contribution >= 4 is 5.96 Å². The molecule has 0 radical (unpaired) electrons. The molecule has 25 heavy (non-hydrogen) atoms. The van der Waals surface area contributed by atoms with Crippen molar-refractivity contribution < 1.29 is 4.74 Å². The number of piperidine rings is 1. The van der Waals surface area contributed by atoms with Gasteiger partial charge in [0.05, 0.1) is 12.2 Å². The van der Waals surface area contributed by atoms with Gasteiger partial charge in [0.25, 0.3) is 0 Å². The number of rotatable bonds is 5. The second kappa shape index (κ2) is 8.51.